The molecule has 0 spiro atoms. The summed E-state index contributed by atoms with van der Waals surface area (Å²) in [5, 5.41) is 1.72. The highest BCUT2D eigenvalue weighted by molar-refractivity contribution is 7.14. The first-order valence-corrected chi connectivity index (χ1v) is 9.70. The van der Waals surface area contributed by atoms with Gasteiger partial charge < -0.3 is 4.74 Å². The van der Waals surface area contributed by atoms with Crippen molar-refractivity contribution in [2.24, 2.45) is 4.99 Å². The number of nitrogens with zero attached hydrogens (tertiary/aromatic N) is 3. The molecule has 0 atom stereocenters. The number of aliphatic imine (C=N–C) groups is 1. The van der Waals surface area contributed by atoms with Crippen LogP contribution >= 0.6 is 11.3 Å². The number of thiazole rings is 1. The van der Waals surface area contributed by atoms with Gasteiger partial charge >= 0.3 is 5.97 Å². The molecule has 1 amide bonds. The van der Waals surface area contributed by atoms with Crippen molar-refractivity contribution >= 4 is 46.0 Å². The van der Waals surface area contributed by atoms with Gasteiger partial charge in [0.25, 0.3) is 0 Å². The lowest BCUT2D eigenvalue weighted by Crippen LogP contribution is -2.23. The van der Waals surface area contributed by atoms with Crippen LogP contribution in [0.1, 0.15) is 18.2 Å². The molecule has 1 aliphatic rings. The number of aromatic nitrogens is 1. The first kappa shape index (κ1) is 20.5. The van der Waals surface area contributed by atoms with E-state index in [1.54, 1.807) is 11.4 Å². The summed E-state index contributed by atoms with van der Waals surface area (Å²) in [5.74, 6) is -3.90. The number of halogens is 3. The molecular weight excluding hydrogens is 431 g/mol. The summed E-state index contributed by atoms with van der Waals surface area (Å²) in [6.07, 6.45) is 1.29. The van der Waals surface area contributed by atoms with Crippen LogP contribution in [0.5, 0.6) is 0 Å². The molecule has 1 aliphatic heterocycles. The molecule has 10 heteroatoms. The first-order chi connectivity index (χ1) is 14.8. The van der Waals surface area contributed by atoms with Crippen LogP contribution in [0.15, 0.2) is 58.5 Å². The Morgan fingerprint density at radius 3 is 2.61 bits per heavy atom. The summed E-state index contributed by atoms with van der Waals surface area (Å²) in [6, 6.07) is 8.53. The highest BCUT2D eigenvalue weighted by atomic mass is 32.1. The standard InChI is InChI=1S/C21H12F3N3O3S/c1-11(28)27(18-5-3-2-4-15(18)23)21-25-13(10-31-21)9-17-20(29)30-19(26-17)14-7-6-12(22)8-16(14)24/h2-10H,1H3. The second-order valence-corrected chi connectivity index (χ2v) is 7.16. The monoisotopic (exact) mass is 443 g/mol. The van der Waals surface area contributed by atoms with E-state index in [1.165, 1.54) is 31.2 Å². The van der Waals surface area contributed by atoms with Crippen molar-refractivity contribution < 1.29 is 27.5 Å². The smallest absolute Gasteiger partial charge is 0.363 e. The largest absolute Gasteiger partial charge is 0.402 e. The van der Waals surface area contributed by atoms with Gasteiger partial charge in [-0.1, -0.05) is 12.1 Å². The fraction of sp³-hybridized carbons (Fsp3) is 0.0476. The normalized spacial score (nSPS) is 14.5. The number of carbonyl (C=O) groups is 2. The van der Waals surface area contributed by atoms with E-state index >= 15 is 0 Å². The molecule has 2 aromatic carbocycles. The van der Waals surface area contributed by atoms with E-state index in [1.807, 2.05) is 0 Å². The maximum Gasteiger partial charge on any atom is 0.363 e. The average molecular weight is 443 g/mol. The Bertz CT molecular complexity index is 1270. The van der Waals surface area contributed by atoms with Gasteiger partial charge in [0.1, 0.15) is 17.5 Å². The maximum atomic E-state index is 14.2. The molecule has 2 heterocycles. The minimum atomic E-state index is -0.925. The third kappa shape index (κ3) is 4.10. The van der Waals surface area contributed by atoms with Crippen LogP contribution in [0.3, 0.4) is 0 Å². The van der Waals surface area contributed by atoms with Crippen molar-refractivity contribution in [3.63, 3.8) is 0 Å². The van der Waals surface area contributed by atoms with Gasteiger partial charge in [0.05, 0.1) is 16.9 Å². The van der Waals surface area contributed by atoms with Gasteiger partial charge in [-0.2, -0.15) is 0 Å². The second kappa shape index (κ2) is 8.15. The Labute approximate surface area is 177 Å². The van der Waals surface area contributed by atoms with Gasteiger partial charge in [0, 0.05) is 18.4 Å². The van der Waals surface area contributed by atoms with Gasteiger partial charge in [0.15, 0.2) is 10.8 Å². The van der Waals surface area contributed by atoms with Gasteiger partial charge in [-0.05, 0) is 30.3 Å². The number of benzene rings is 2. The number of hydrogen-bond acceptors (Lipinski definition) is 6. The van der Waals surface area contributed by atoms with E-state index in [0.29, 0.717) is 6.07 Å². The number of anilines is 2. The lowest BCUT2D eigenvalue weighted by atomic mass is 10.2. The molecule has 156 valence electrons. The zero-order valence-electron chi connectivity index (χ0n) is 15.8. The minimum absolute atomic E-state index is 0.0379. The number of ether oxygens (including phenoxy) is 1. The summed E-state index contributed by atoms with van der Waals surface area (Å²) < 4.78 is 46.2. The summed E-state index contributed by atoms with van der Waals surface area (Å²) in [4.78, 5) is 33.5. The van der Waals surface area contributed by atoms with Crippen LogP contribution in [-0.2, 0) is 14.3 Å². The fourth-order valence-corrected chi connectivity index (χ4v) is 3.65. The van der Waals surface area contributed by atoms with Gasteiger partial charge in [0.2, 0.25) is 11.8 Å². The summed E-state index contributed by atoms with van der Waals surface area (Å²) >= 11 is 1.06. The molecule has 0 bridgehead atoms. The summed E-state index contributed by atoms with van der Waals surface area (Å²) in [6.45, 7) is 1.27. The first-order valence-electron chi connectivity index (χ1n) is 8.82. The van der Waals surface area contributed by atoms with Crippen LogP contribution in [0.4, 0.5) is 24.0 Å². The number of para-hydroxylation sites is 1. The topological polar surface area (TPSA) is 71.9 Å². The zero-order valence-corrected chi connectivity index (χ0v) is 16.6. The molecule has 3 aromatic rings. The van der Waals surface area contributed by atoms with E-state index in [-0.39, 0.29) is 33.7 Å². The molecular formula is C21H12F3N3O3S. The van der Waals surface area contributed by atoms with E-state index < -0.39 is 29.3 Å². The molecule has 0 N–H and O–H groups in total. The predicted octanol–water partition coefficient (Wildman–Crippen LogP) is 4.59. The summed E-state index contributed by atoms with van der Waals surface area (Å²) in [7, 11) is 0. The number of cyclic esters (lactones) is 1. The number of esters is 1. The third-order valence-electron chi connectivity index (χ3n) is 4.18. The third-order valence-corrected chi connectivity index (χ3v) is 5.02. The van der Waals surface area contributed by atoms with Crippen molar-refractivity contribution in [2.45, 2.75) is 6.92 Å². The van der Waals surface area contributed by atoms with Crippen LogP contribution in [-0.4, -0.2) is 22.8 Å². The highest BCUT2D eigenvalue weighted by Gasteiger charge is 2.27. The quantitative estimate of drug-likeness (QED) is 0.437. The minimum Gasteiger partial charge on any atom is -0.402 e. The molecule has 0 fully saturated rings. The van der Waals surface area contributed by atoms with Gasteiger partial charge in [-0.25, -0.2) is 27.9 Å². The molecule has 0 unspecified atom stereocenters. The Morgan fingerprint density at radius 2 is 1.90 bits per heavy atom. The van der Waals surface area contributed by atoms with Crippen molar-refractivity contribution in [3.05, 3.63) is 82.3 Å². The second-order valence-electron chi connectivity index (χ2n) is 6.32. The molecule has 1 aromatic heterocycles. The Balaban J connectivity index is 1.66. The molecule has 31 heavy (non-hydrogen) atoms. The average Bonchev–Trinajstić information content (AvgIpc) is 3.30. The molecule has 4 rings (SSSR count). The van der Waals surface area contributed by atoms with Gasteiger partial charge in [-0.15, -0.1) is 11.3 Å². The Hall–Kier alpha value is -3.79. The van der Waals surface area contributed by atoms with Crippen molar-refractivity contribution in [2.75, 3.05) is 4.90 Å². The van der Waals surface area contributed by atoms with E-state index in [0.717, 1.165) is 28.4 Å². The van der Waals surface area contributed by atoms with E-state index in [2.05, 4.69) is 9.98 Å². The molecule has 6 nitrogen and oxygen atoms in total. The SMILES string of the molecule is CC(=O)N(c1nc(C=C2N=C(c3ccc(F)cc3F)OC2=O)cs1)c1ccccc1F. The zero-order chi connectivity index (χ0) is 22.1. The molecule has 0 aliphatic carbocycles. The number of amides is 1. The lowest BCUT2D eigenvalue weighted by Gasteiger charge is -2.18. The summed E-state index contributed by atoms with van der Waals surface area (Å²) in [5.41, 5.74) is -0.0229. The fourth-order valence-electron chi connectivity index (χ4n) is 2.81. The van der Waals surface area contributed by atoms with Crippen LogP contribution in [0, 0.1) is 17.5 Å². The van der Waals surface area contributed by atoms with Crippen LogP contribution < -0.4 is 4.90 Å². The van der Waals surface area contributed by atoms with Gasteiger partial charge in [-0.3, -0.25) is 9.69 Å². The Morgan fingerprint density at radius 1 is 1.13 bits per heavy atom. The molecule has 0 saturated carbocycles. The van der Waals surface area contributed by atoms with Crippen LogP contribution in [0.25, 0.3) is 6.08 Å². The lowest BCUT2D eigenvalue weighted by molar-refractivity contribution is -0.130. The van der Waals surface area contributed by atoms with E-state index in [9.17, 15) is 22.8 Å². The maximum absolute atomic E-state index is 14.2. The number of hydrogen-bond donors (Lipinski definition) is 0. The van der Waals surface area contributed by atoms with E-state index in [4.69, 9.17) is 4.74 Å². The number of carbonyl (C=O) groups excluding carboxylic acids is 2. The van der Waals surface area contributed by atoms with Crippen molar-refractivity contribution in [3.8, 4) is 0 Å². The molecule has 0 radical (unpaired) electrons. The molecule has 0 saturated heterocycles. The highest BCUT2D eigenvalue weighted by Crippen LogP contribution is 2.31. The van der Waals surface area contributed by atoms with Crippen molar-refractivity contribution in [1.29, 1.82) is 0 Å². The Kier molecular flexibility index (Phi) is 5.38. The predicted molar refractivity (Wildman–Crippen MR) is 108 cm³/mol. The van der Waals surface area contributed by atoms with Crippen molar-refractivity contribution in [1.82, 2.24) is 4.98 Å². The number of rotatable bonds is 4. The van der Waals surface area contributed by atoms with Crippen LogP contribution in [0.2, 0.25) is 0 Å².